The average molecular weight is 266 g/mol. The molecule has 0 bridgehead atoms. The number of carbonyl (C=O) groups excluding carboxylic acids is 1. The van der Waals surface area contributed by atoms with E-state index in [0.717, 1.165) is 0 Å². The van der Waals surface area contributed by atoms with Crippen LogP contribution in [0, 0.1) is 0 Å². The maximum Gasteiger partial charge on any atom is 0.326 e. The molecule has 2 aromatic heterocycles. The summed E-state index contributed by atoms with van der Waals surface area (Å²) in [5, 5.41) is 1.80. The Balaban J connectivity index is 2.24. The molecule has 0 aliphatic carbocycles. The maximum atomic E-state index is 12.0. The molecule has 0 radical (unpaired) electrons. The molecule has 0 saturated carbocycles. The number of nitrogens with zero attached hydrogens (tertiary/aromatic N) is 2. The van der Waals surface area contributed by atoms with Gasteiger partial charge in [0.15, 0.2) is 0 Å². The van der Waals surface area contributed by atoms with Crippen molar-refractivity contribution in [3.05, 3.63) is 28.1 Å². The normalized spacial score (nSPS) is 11.7. The topological polar surface area (TPSA) is 61.2 Å². The number of fused-ring (bicyclic) bond motifs is 1. The van der Waals surface area contributed by atoms with Crippen LogP contribution in [0.3, 0.4) is 0 Å². The second kappa shape index (κ2) is 4.53. The Labute approximate surface area is 108 Å². The molecule has 6 heteroatoms. The molecule has 2 rings (SSSR count). The van der Waals surface area contributed by atoms with Gasteiger partial charge in [0.05, 0.1) is 11.8 Å². The highest BCUT2D eigenvalue weighted by atomic mass is 32.1. The van der Waals surface area contributed by atoms with Crippen LogP contribution >= 0.6 is 11.3 Å². The van der Waals surface area contributed by atoms with Crippen molar-refractivity contribution in [2.24, 2.45) is 0 Å². The van der Waals surface area contributed by atoms with Gasteiger partial charge in [-0.25, -0.2) is 4.98 Å². The lowest BCUT2D eigenvalue weighted by atomic mass is 10.2. The summed E-state index contributed by atoms with van der Waals surface area (Å²) in [6, 6.07) is 1.78. The minimum Gasteiger partial charge on any atom is -0.459 e. The van der Waals surface area contributed by atoms with Crippen molar-refractivity contribution >= 4 is 27.5 Å². The molecule has 96 valence electrons. The summed E-state index contributed by atoms with van der Waals surface area (Å²) in [4.78, 5) is 27.8. The predicted octanol–water partition coefficient (Wildman–Crippen LogP) is 1.80. The van der Waals surface area contributed by atoms with Crippen LogP contribution in [-0.2, 0) is 16.1 Å². The summed E-state index contributed by atoms with van der Waals surface area (Å²) in [5.74, 6) is -0.442. The molecule has 0 aliphatic rings. The van der Waals surface area contributed by atoms with Gasteiger partial charge in [-0.3, -0.25) is 14.2 Å². The summed E-state index contributed by atoms with van der Waals surface area (Å²) in [5.41, 5.74) is -0.104. The summed E-state index contributed by atoms with van der Waals surface area (Å²) in [7, 11) is 0. The van der Waals surface area contributed by atoms with Gasteiger partial charge in [-0.1, -0.05) is 0 Å². The van der Waals surface area contributed by atoms with Gasteiger partial charge in [-0.15, -0.1) is 11.3 Å². The Morgan fingerprint density at radius 1 is 1.50 bits per heavy atom. The molecule has 0 N–H and O–H groups in total. The lowest BCUT2D eigenvalue weighted by Gasteiger charge is -2.19. The third-order valence-electron chi connectivity index (χ3n) is 2.16. The zero-order chi connectivity index (χ0) is 13.3. The molecular weight excluding hydrogens is 252 g/mol. The third-order valence-corrected chi connectivity index (χ3v) is 3.05. The number of esters is 1. The minimum absolute atomic E-state index is 0.114. The van der Waals surface area contributed by atoms with Crippen LogP contribution in [-0.4, -0.2) is 21.1 Å². The van der Waals surface area contributed by atoms with Crippen molar-refractivity contribution in [3.8, 4) is 0 Å². The molecule has 0 amide bonds. The number of thiophene rings is 1. The van der Waals surface area contributed by atoms with Crippen LogP contribution in [0.5, 0.6) is 0 Å². The fraction of sp³-hybridized carbons (Fsp3) is 0.417. The Hall–Kier alpha value is -1.69. The van der Waals surface area contributed by atoms with Crippen molar-refractivity contribution in [3.63, 3.8) is 0 Å². The number of hydrogen-bond donors (Lipinski definition) is 0. The minimum atomic E-state index is -0.554. The van der Waals surface area contributed by atoms with Gasteiger partial charge in [-0.2, -0.15) is 0 Å². The van der Waals surface area contributed by atoms with Gasteiger partial charge in [-0.05, 0) is 32.2 Å². The lowest BCUT2D eigenvalue weighted by Crippen LogP contribution is -2.30. The molecule has 2 aromatic rings. The highest BCUT2D eigenvalue weighted by Gasteiger charge is 2.17. The fourth-order valence-electron chi connectivity index (χ4n) is 1.50. The van der Waals surface area contributed by atoms with E-state index in [1.165, 1.54) is 22.2 Å². The largest absolute Gasteiger partial charge is 0.459 e. The molecule has 0 spiro atoms. The van der Waals surface area contributed by atoms with Gasteiger partial charge >= 0.3 is 5.97 Å². The molecule has 0 unspecified atom stereocenters. The van der Waals surface area contributed by atoms with Gasteiger partial charge in [0.1, 0.15) is 16.8 Å². The predicted molar refractivity (Wildman–Crippen MR) is 69.7 cm³/mol. The smallest absolute Gasteiger partial charge is 0.326 e. The third kappa shape index (κ3) is 2.76. The van der Waals surface area contributed by atoms with E-state index in [4.69, 9.17) is 4.74 Å². The SMILES string of the molecule is CC(C)(C)OC(=O)Cn1cnc2ccsc2c1=O. The van der Waals surface area contributed by atoms with Gasteiger partial charge in [0.2, 0.25) is 0 Å². The molecule has 0 saturated heterocycles. The van der Waals surface area contributed by atoms with Crippen molar-refractivity contribution in [2.75, 3.05) is 0 Å². The fourth-order valence-corrected chi connectivity index (χ4v) is 2.30. The summed E-state index contributed by atoms with van der Waals surface area (Å²) < 4.78 is 6.99. The van der Waals surface area contributed by atoms with E-state index in [0.29, 0.717) is 10.2 Å². The van der Waals surface area contributed by atoms with Crippen LogP contribution in [0.25, 0.3) is 10.2 Å². The molecular formula is C12H14N2O3S. The monoisotopic (exact) mass is 266 g/mol. The molecule has 0 aliphatic heterocycles. The van der Waals surface area contributed by atoms with Gasteiger partial charge in [0, 0.05) is 0 Å². The second-order valence-electron chi connectivity index (χ2n) is 4.90. The molecule has 0 atom stereocenters. The zero-order valence-electron chi connectivity index (χ0n) is 10.5. The van der Waals surface area contributed by atoms with E-state index >= 15 is 0 Å². The van der Waals surface area contributed by atoms with Crippen LogP contribution in [0.4, 0.5) is 0 Å². The van der Waals surface area contributed by atoms with Gasteiger partial charge in [0.25, 0.3) is 5.56 Å². The Morgan fingerprint density at radius 2 is 2.22 bits per heavy atom. The van der Waals surface area contributed by atoms with Gasteiger partial charge < -0.3 is 4.74 Å². The first-order valence-electron chi connectivity index (χ1n) is 5.51. The lowest BCUT2D eigenvalue weighted by molar-refractivity contribution is -0.155. The zero-order valence-corrected chi connectivity index (χ0v) is 11.3. The summed E-state index contributed by atoms with van der Waals surface area (Å²) >= 11 is 1.32. The van der Waals surface area contributed by atoms with Crippen LogP contribution in [0.1, 0.15) is 20.8 Å². The standard InChI is InChI=1S/C12H14N2O3S/c1-12(2,3)17-9(15)6-14-7-13-8-4-5-18-10(8)11(14)16/h4-5,7H,6H2,1-3H3. The van der Waals surface area contributed by atoms with Crippen molar-refractivity contribution in [1.82, 2.24) is 9.55 Å². The summed E-state index contributed by atoms with van der Waals surface area (Å²) in [6.07, 6.45) is 1.38. The number of rotatable bonds is 2. The van der Waals surface area contributed by atoms with Crippen LogP contribution in [0.2, 0.25) is 0 Å². The molecule has 5 nitrogen and oxygen atoms in total. The van der Waals surface area contributed by atoms with E-state index < -0.39 is 11.6 Å². The Kier molecular flexibility index (Phi) is 3.21. The highest BCUT2D eigenvalue weighted by molar-refractivity contribution is 7.17. The molecule has 0 aromatic carbocycles. The Morgan fingerprint density at radius 3 is 2.89 bits per heavy atom. The van der Waals surface area contributed by atoms with E-state index in [1.54, 1.807) is 32.2 Å². The Bertz CT molecular complexity index is 637. The van der Waals surface area contributed by atoms with Crippen molar-refractivity contribution in [2.45, 2.75) is 32.9 Å². The van der Waals surface area contributed by atoms with Crippen LogP contribution in [0.15, 0.2) is 22.6 Å². The van der Waals surface area contributed by atoms with E-state index in [-0.39, 0.29) is 12.1 Å². The van der Waals surface area contributed by atoms with Crippen LogP contribution < -0.4 is 5.56 Å². The summed E-state index contributed by atoms with van der Waals surface area (Å²) in [6.45, 7) is 5.24. The highest BCUT2D eigenvalue weighted by Crippen LogP contribution is 2.13. The molecule has 18 heavy (non-hydrogen) atoms. The number of aromatic nitrogens is 2. The van der Waals surface area contributed by atoms with Crippen molar-refractivity contribution in [1.29, 1.82) is 0 Å². The van der Waals surface area contributed by atoms with E-state index in [1.807, 2.05) is 0 Å². The van der Waals surface area contributed by atoms with Crippen molar-refractivity contribution < 1.29 is 9.53 Å². The number of carbonyl (C=O) groups is 1. The maximum absolute atomic E-state index is 12.0. The van der Waals surface area contributed by atoms with E-state index in [9.17, 15) is 9.59 Å². The first kappa shape index (κ1) is 12.8. The number of ether oxygens (including phenoxy) is 1. The first-order valence-corrected chi connectivity index (χ1v) is 6.39. The number of hydrogen-bond acceptors (Lipinski definition) is 5. The first-order chi connectivity index (χ1) is 8.37. The molecule has 2 heterocycles. The second-order valence-corrected chi connectivity index (χ2v) is 5.82. The molecule has 0 fully saturated rings. The average Bonchev–Trinajstić information content (AvgIpc) is 2.68. The quantitative estimate of drug-likeness (QED) is 0.778. The van der Waals surface area contributed by atoms with E-state index in [2.05, 4.69) is 4.98 Å².